The Morgan fingerprint density at radius 2 is 0.840 bits per heavy atom. The van der Waals surface area contributed by atoms with E-state index in [1.54, 1.807) is 0 Å². The number of anilines is 2. The maximum absolute atomic E-state index is 3.49. The van der Waals surface area contributed by atoms with E-state index in [2.05, 4.69) is 196 Å². The van der Waals surface area contributed by atoms with Crippen molar-refractivity contribution in [1.29, 1.82) is 0 Å². The molecule has 0 spiro atoms. The molecule has 0 heterocycles. The largest absolute Gasteiger partial charge is 0.356 e. The molecule has 1 nitrogen and oxygen atoms in total. The van der Waals surface area contributed by atoms with E-state index in [0.29, 0.717) is 0 Å². The highest BCUT2D eigenvalue weighted by Crippen LogP contribution is 2.33. The lowest BCUT2D eigenvalue weighted by Gasteiger charge is -2.15. The minimum Gasteiger partial charge on any atom is -0.356 e. The van der Waals surface area contributed by atoms with Gasteiger partial charge in [0.1, 0.15) is 0 Å². The predicted octanol–water partition coefficient (Wildman–Crippen LogP) is 13.2. The summed E-state index contributed by atoms with van der Waals surface area (Å²) in [6, 6.07) is 62.8. The van der Waals surface area contributed by atoms with Crippen molar-refractivity contribution in [2.24, 2.45) is 0 Å². The number of para-hydroxylation sites is 1. The summed E-state index contributed by atoms with van der Waals surface area (Å²) in [5.41, 5.74) is 18.1. The van der Waals surface area contributed by atoms with Gasteiger partial charge in [0.25, 0.3) is 0 Å². The monoisotopic (exact) mass is 643 g/mol. The summed E-state index contributed by atoms with van der Waals surface area (Å²) in [5.74, 6) is 0. The molecule has 1 N–H and O–H groups in total. The van der Waals surface area contributed by atoms with Gasteiger partial charge < -0.3 is 5.32 Å². The van der Waals surface area contributed by atoms with Gasteiger partial charge in [-0.15, -0.1) is 0 Å². The molecule has 0 aliphatic carbocycles. The van der Waals surface area contributed by atoms with Crippen LogP contribution < -0.4 is 5.32 Å². The quantitative estimate of drug-likeness (QED) is 0.154. The van der Waals surface area contributed by atoms with Crippen LogP contribution in [-0.2, 0) is 0 Å². The second-order valence-electron chi connectivity index (χ2n) is 12.9. The standard InChI is InChI=1S/C49H41N/c1-35-19-29-46(36(2)31-35)48(41-13-7-4-8-14-41)33-38-20-24-40(25-21-38)43-26-30-47(37(3)32-43)49(42-15-9-5-10-16-42)34-39-22-27-45(28-23-39)50-44-17-11-6-12-18-44/h4-34,50H,1-3H3. The highest BCUT2D eigenvalue weighted by atomic mass is 14.9. The molecule has 242 valence electrons. The first kappa shape index (κ1) is 32.4. The summed E-state index contributed by atoms with van der Waals surface area (Å²) in [6.07, 6.45) is 4.61. The van der Waals surface area contributed by atoms with Gasteiger partial charge in [0.2, 0.25) is 0 Å². The van der Waals surface area contributed by atoms with Crippen LogP contribution in [0, 0.1) is 20.8 Å². The van der Waals surface area contributed by atoms with Crippen molar-refractivity contribution in [2.45, 2.75) is 20.8 Å². The van der Waals surface area contributed by atoms with Crippen molar-refractivity contribution < 1.29 is 0 Å². The van der Waals surface area contributed by atoms with Crippen LogP contribution in [0.3, 0.4) is 0 Å². The highest BCUT2D eigenvalue weighted by Gasteiger charge is 2.12. The second kappa shape index (κ2) is 14.9. The van der Waals surface area contributed by atoms with E-state index in [0.717, 1.165) is 16.9 Å². The summed E-state index contributed by atoms with van der Waals surface area (Å²) in [7, 11) is 0. The normalized spacial score (nSPS) is 11.7. The Morgan fingerprint density at radius 3 is 1.36 bits per heavy atom. The van der Waals surface area contributed by atoms with Crippen LogP contribution in [-0.4, -0.2) is 0 Å². The molecule has 7 rings (SSSR count). The Labute approximate surface area is 296 Å². The zero-order chi connectivity index (χ0) is 34.3. The van der Waals surface area contributed by atoms with Gasteiger partial charge >= 0.3 is 0 Å². The average Bonchev–Trinajstić information content (AvgIpc) is 3.15. The Hall–Kier alpha value is -6.18. The van der Waals surface area contributed by atoms with Crippen LogP contribution in [0.2, 0.25) is 0 Å². The van der Waals surface area contributed by atoms with Crippen LogP contribution in [0.4, 0.5) is 11.4 Å². The molecule has 0 unspecified atom stereocenters. The molecule has 0 bridgehead atoms. The lowest BCUT2D eigenvalue weighted by atomic mass is 9.90. The van der Waals surface area contributed by atoms with Crippen LogP contribution >= 0.6 is 0 Å². The maximum atomic E-state index is 3.49. The van der Waals surface area contributed by atoms with E-state index >= 15 is 0 Å². The summed E-state index contributed by atoms with van der Waals surface area (Å²) < 4.78 is 0. The molecule has 50 heavy (non-hydrogen) atoms. The lowest BCUT2D eigenvalue weighted by Crippen LogP contribution is -1.94. The SMILES string of the molecule is Cc1ccc(C(=Cc2ccc(-c3ccc(C(=Cc4ccc(Nc5ccccc5)cc4)c4ccccc4)c(C)c3)cc2)c2ccccc2)c(C)c1. The molecule has 0 aliphatic rings. The molecule has 0 aromatic heterocycles. The third-order valence-corrected chi connectivity index (χ3v) is 9.20. The fourth-order valence-corrected chi connectivity index (χ4v) is 6.59. The number of rotatable bonds is 9. The Morgan fingerprint density at radius 1 is 0.400 bits per heavy atom. The molecule has 0 saturated carbocycles. The molecular formula is C49H41N. The summed E-state index contributed by atoms with van der Waals surface area (Å²) >= 11 is 0. The van der Waals surface area contributed by atoms with Crippen molar-refractivity contribution in [3.63, 3.8) is 0 Å². The first-order chi connectivity index (χ1) is 24.5. The summed E-state index contributed by atoms with van der Waals surface area (Å²) in [5, 5.41) is 3.49. The topological polar surface area (TPSA) is 12.0 Å². The molecule has 7 aromatic rings. The predicted molar refractivity (Wildman–Crippen MR) is 216 cm³/mol. The van der Waals surface area contributed by atoms with Crippen molar-refractivity contribution in [2.75, 3.05) is 5.32 Å². The maximum Gasteiger partial charge on any atom is 0.0384 e. The van der Waals surface area contributed by atoms with Crippen LogP contribution in [0.1, 0.15) is 50.1 Å². The van der Waals surface area contributed by atoms with E-state index in [9.17, 15) is 0 Å². The zero-order valence-electron chi connectivity index (χ0n) is 28.9. The fraction of sp³-hybridized carbons (Fsp3) is 0.0612. The molecule has 1 heteroatoms. The van der Waals surface area contributed by atoms with E-state index < -0.39 is 0 Å². The minimum absolute atomic E-state index is 1.07. The van der Waals surface area contributed by atoms with Gasteiger partial charge in [0, 0.05) is 11.4 Å². The van der Waals surface area contributed by atoms with Crippen LogP contribution in [0.15, 0.2) is 176 Å². The average molecular weight is 644 g/mol. The highest BCUT2D eigenvalue weighted by molar-refractivity contribution is 5.94. The van der Waals surface area contributed by atoms with Gasteiger partial charge in [-0.05, 0) is 124 Å². The van der Waals surface area contributed by atoms with Crippen LogP contribution in [0.25, 0.3) is 34.4 Å². The minimum atomic E-state index is 1.07. The molecule has 0 aliphatic heterocycles. The summed E-state index contributed by atoms with van der Waals surface area (Å²) in [6.45, 7) is 6.57. The molecule has 0 radical (unpaired) electrons. The van der Waals surface area contributed by atoms with Gasteiger partial charge in [0.15, 0.2) is 0 Å². The van der Waals surface area contributed by atoms with Gasteiger partial charge in [0.05, 0.1) is 0 Å². The number of hydrogen-bond donors (Lipinski definition) is 1. The van der Waals surface area contributed by atoms with E-state index in [1.165, 1.54) is 66.8 Å². The van der Waals surface area contributed by atoms with E-state index in [1.807, 2.05) is 18.2 Å². The van der Waals surface area contributed by atoms with Crippen molar-refractivity contribution in [3.05, 3.63) is 226 Å². The van der Waals surface area contributed by atoms with Crippen molar-refractivity contribution >= 4 is 34.7 Å². The van der Waals surface area contributed by atoms with Gasteiger partial charge in [-0.2, -0.15) is 0 Å². The third kappa shape index (κ3) is 7.59. The van der Waals surface area contributed by atoms with E-state index in [-0.39, 0.29) is 0 Å². The van der Waals surface area contributed by atoms with E-state index in [4.69, 9.17) is 0 Å². The Bertz CT molecular complexity index is 2260. The summed E-state index contributed by atoms with van der Waals surface area (Å²) in [4.78, 5) is 0. The van der Waals surface area contributed by atoms with Gasteiger partial charge in [-0.3, -0.25) is 0 Å². The van der Waals surface area contributed by atoms with Crippen LogP contribution in [0.5, 0.6) is 0 Å². The third-order valence-electron chi connectivity index (χ3n) is 9.20. The Kier molecular flexibility index (Phi) is 9.67. The zero-order valence-corrected chi connectivity index (χ0v) is 28.9. The number of benzene rings is 7. The number of nitrogens with one attached hydrogen (secondary N) is 1. The fourth-order valence-electron chi connectivity index (χ4n) is 6.59. The first-order valence-electron chi connectivity index (χ1n) is 17.3. The smallest absolute Gasteiger partial charge is 0.0384 e. The molecule has 0 fully saturated rings. The second-order valence-corrected chi connectivity index (χ2v) is 12.9. The molecule has 0 atom stereocenters. The number of hydrogen-bond acceptors (Lipinski definition) is 1. The van der Waals surface area contributed by atoms with Gasteiger partial charge in [-0.25, -0.2) is 0 Å². The number of aryl methyl sites for hydroxylation is 3. The molecule has 0 amide bonds. The van der Waals surface area contributed by atoms with Crippen molar-refractivity contribution in [3.8, 4) is 11.1 Å². The van der Waals surface area contributed by atoms with Gasteiger partial charge in [-0.1, -0.05) is 157 Å². The lowest BCUT2D eigenvalue weighted by molar-refractivity contribution is 1.35. The molecular weight excluding hydrogens is 603 g/mol. The molecule has 0 saturated heterocycles. The first-order valence-corrected chi connectivity index (χ1v) is 17.3. The Balaban J connectivity index is 1.18. The van der Waals surface area contributed by atoms with Crippen molar-refractivity contribution in [1.82, 2.24) is 0 Å². The molecule has 7 aromatic carbocycles.